The van der Waals surface area contributed by atoms with Crippen LogP contribution >= 0.6 is 0 Å². The highest BCUT2D eigenvalue weighted by Gasteiger charge is 2.00. The zero-order valence-corrected chi connectivity index (χ0v) is 13.0. The van der Waals surface area contributed by atoms with Crippen molar-refractivity contribution in [1.82, 2.24) is 15.1 Å². The van der Waals surface area contributed by atoms with E-state index >= 15 is 0 Å². The van der Waals surface area contributed by atoms with Gasteiger partial charge in [0.1, 0.15) is 0 Å². The molecular formula is C16H31N3. The molecule has 19 heavy (non-hydrogen) atoms. The third-order valence-electron chi connectivity index (χ3n) is 3.61. The van der Waals surface area contributed by atoms with Gasteiger partial charge < -0.3 is 5.32 Å². The predicted molar refractivity (Wildman–Crippen MR) is 82.3 cm³/mol. The summed E-state index contributed by atoms with van der Waals surface area (Å²) in [6.07, 6.45) is 11.1. The quantitative estimate of drug-likeness (QED) is 0.614. The number of nitrogens with zero attached hydrogens (tertiary/aromatic N) is 2. The van der Waals surface area contributed by atoms with Crippen molar-refractivity contribution in [3.63, 3.8) is 0 Å². The van der Waals surface area contributed by atoms with Gasteiger partial charge in [0, 0.05) is 13.6 Å². The Labute approximate surface area is 118 Å². The Morgan fingerprint density at radius 1 is 1.05 bits per heavy atom. The van der Waals surface area contributed by atoms with Gasteiger partial charge in [0.25, 0.3) is 0 Å². The van der Waals surface area contributed by atoms with Crippen LogP contribution in [0, 0.1) is 6.92 Å². The van der Waals surface area contributed by atoms with Gasteiger partial charge in [0.05, 0.1) is 11.4 Å². The summed E-state index contributed by atoms with van der Waals surface area (Å²) in [7, 11) is 2.01. The maximum Gasteiger partial charge on any atom is 0.0597 e. The number of aromatic nitrogens is 2. The van der Waals surface area contributed by atoms with Crippen molar-refractivity contribution < 1.29 is 0 Å². The fourth-order valence-electron chi connectivity index (χ4n) is 2.43. The van der Waals surface area contributed by atoms with Crippen molar-refractivity contribution in [2.45, 2.75) is 71.8 Å². The molecule has 0 aromatic carbocycles. The fourth-order valence-corrected chi connectivity index (χ4v) is 2.43. The van der Waals surface area contributed by atoms with Crippen molar-refractivity contribution in [3.8, 4) is 0 Å². The normalized spacial score (nSPS) is 11.1. The summed E-state index contributed by atoms with van der Waals surface area (Å²) >= 11 is 0. The minimum atomic E-state index is 0.938. The second kappa shape index (κ2) is 10.0. The first kappa shape index (κ1) is 16.2. The molecule has 0 aliphatic heterocycles. The van der Waals surface area contributed by atoms with Crippen LogP contribution in [-0.4, -0.2) is 16.3 Å². The Kier molecular flexibility index (Phi) is 8.55. The highest BCUT2D eigenvalue weighted by molar-refractivity contribution is 5.08. The number of nitrogens with one attached hydrogen (secondary N) is 1. The smallest absolute Gasteiger partial charge is 0.0597 e. The van der Waals surface area contributed by atoms with Crippen LogP contribution in [-0.2, 0) is 13.6 Å². The van der Waals surface area contributed by atoms with Crippen molar-refractivity contribution in [3.05, 3.63) is 17.5 Å². The summed E-state index contributed by atoms with van der Waals surface area (Å²) < 4.78 is 1.97. The van der Waals surface area contributed by atoms with Gasteiger partial charge in [0.2, 0.25) is 0 Å². The van der Waals surface area contributed by atoms with E-state index in [9.17, 15) is 0 Å². The van der Waals surface area contributed by atoms with Gasteiger partial charge >= 0.3 is 0 Å². The molecule has 0 bridgehead atoms. The van der Waals surface area contributed by atoms with E-state index in [4.69, 9.17) is 0 Å². The summed E-state index contributed by atoms with van der Waals surface area (Å²) in [6, 6.07) is 2.15. The lowest BCUT2D eigenvalue weighted by molar-refractivity contribution is 0.547. The Hall–Kier alpha value is -0.830. The van der Waals surface area contributed by atoms with Gasteiger partial charge in [-0.15, -0.1) is 0 Å². The van der Waals surface area contributed by atoms with Crippen LogP contribution < -0.4 is 5.32 Å². The zero-order chi connectivity index (χ0) is 13.9. The molecule has 1 N–H and O–H groups in total. The molecule has 110 valence electrons. The number of hydrogen-bond acceptors (Lipinski definition) is 2. The van der Waals surface area contributed by atoms with Crippen molar-refractivity contribution in [1.29, 1.82) is 0 Å². The van der Waals surface area contributed by atoms with E-state index < -0.39 is 0 Å². The van der Waals surface area contributed by atoms with Crippen LogP contribution in [0.5, 0.6) is 0 Å². The van der Waals surface area contributed by atoms with Crippen LogP contribution in [0.3, 0.4) is 0 Å². The van der Waals surface area contributed by atoms with Crippen molar-refractivity contribution in [2.24, 2.45) is 7.05 Å². The predicted octanol–water partition coefficient (Wildman–Crippen LogP) is 3.96. The Bertz CT molecular complexity index is 331. The molecule has 3 nitrogen and oxygen atoms in total. The van der Waals surface area contributed by atoms with Gasteiger partial charge in [-0.05, 0) is 26.0 Å². The Morgan fingerprint density at radius 3 is 2.26 bits per heavy atom. The number of unbranched alkanes of at least 4 members (excludes halogenated alkanes) is 7. The lowest BCUT2D eigenvalue weighted by Crippen LogP contribution is -2.16. The minimum absolute atomic E-state index is 0.938. The monoisotopic (exact) mass is 265 g/mol. The van der Waals surface area contributed by atoms with Crippen LogP contribution in [0.1, 0.15) is 69.7 Å². The molecule has 1 rings (SSSR count). The first-order valence-electron chi connectivity index (χ1n) is 7.94. The van der Waals surface area contributed by atoms with E-state index in [2.05, 4.69) is 23.4 Å². The molecule has 0 radical (unpaired) electrons. The van der Waals surface area contributed by atoms with Crippen LogP contribution in [0.15, 0.2) is 6.07 Å². The summed E-state index contributed by atoms with van der Waals surface area (Å²) in [5, 5.41) is 7.86. The lowest BCUT2D eigenvalue weighted by Gasteiger charge is -2.05. The van der Waals surface area contributed by atoms with E-state index in [-0.39, 0.29) is 0 Å². The molecule has 0 amide bonds. The number of rotatable bonds is 11. The molecule has 1 heterocycles. The maximum atomic E-state index is 4.35. The summed E-state index contributed by atoms with van der Waals surface area (Å²) in [6.45, 7) is 6.38. The first-order valence-corrected chi connectivity index (χ1v) is 7.94. The maximum absolute atomic E-state index is 4.35. The van der Waals surface area contributed by atoms with Gasteiger partial charge in [-0.25, -0.2) is 0 Å². The minimum Gasteiger partial charge on any atom is -0.311 e. The summed E-state index contributed by atoms with van der Waals surface area (Å²) in [4.78, 5) is 0. The second-order valence-electron chi connectivity index (χ2n) is 5.55. The Morgan fingerprint density at radius 2 is 1.68 bits per heavy atom. The molecule has 0 aliphatic carbocycles. The number of aryl methyl sites for hydroxylation is 2. The van der Waals surface area contributed by atoms with Gasteiger partial charge in [-0.2, -0.15) is 5.10 Å². The SMILES string of the molecule is CCCCCCCCCCNCc1cc(C)nn1C. The molecule has 0 aliphatic rings. The van der Waals surface area contributed by atoms with Gasteiger partial charge in [0.15, 0.2) is 0 Å². The number of hydrogen-bond donors (Lipinski definition) is 1. The average molecular weight is 265 g/mol. The van der Waals surface area contributed by atoms with Gasteiger partial charge in [-0.1, -0.05) is 51.9 Å². The van der Waals surface area contributed by atoms with E-state index in [1.165, 1.54) is 57.1 Å². The average Bonchev–Trinajstić information content (AvgIpc) is 2.70. The summed E-state index contributed by atoms with van der Waals surface area (Å²) in [5.41, 5.74) is 2.38. The van der Waals surface area contributed by atoms with E-state index in [0.717, 1.165) is 18.8 Å². The largest absolute Gasteiger partial charge is 0.311 e. The highest BCUT2D eigenvalue weighted by Crippen LogP contribution is 2.08. The Balaban J connectivity index is 1.90. The first-order chi connectivity index (χ1) is 9.24. The van der Waals surface area contributed by atoms with E-state index in [0.29, 0.717) is 0 Å². The molecular weight excluding hydrogens is 234 g/mol. The molecule has 0 saturated heterocycles. The van der Waals surface area contributed by atoms with Crippen LogP contribution in [0.2, 0.25) is 0 Å². The molecule has 1 aromatic heterocycles. The molecule has 3 heteroatoms. The third kappa shape index (κ3) is 7.36. The fraction of sp³-hybridized carbons (Fsp3) is 0.812. The van der Waals surface area contributed by atoms with E-state index in [1.807, 2.05) is 18.7 Å². The molecule has 0 fully saturated rings. The second-order valence-corrected chi connectivity index (χ2v) is 5.55. The van der Waals surface area contributed by atoms with Crippen LogP contribution in [0.25, 0.3) is 0 Å². The van der Waals surface area contributed by atoms with Crippen molar-refractivity contribution in [2.75, 3.05) is 6.54 Å². The van der Waals surface area contributed by atoms with E-state index in [1.54, 1.807) is 0 Å². The highest BCUT2D eigenvalue weighted by atomic mass is 15.3. The standard InChI is InChI=1S/C16H31N3/c1-4-5-6-7-8-9-10-11-12-17-14-16-13-15(2)18-19(16)3/h13,17H,4-12,14H2,1-3H3. The molecule has 0 spiro atoms. The van der Waals surface area contributed by atoms with Crippen LogP contribution in [0.4, 0.5) is 0 Å². The third-order valence-corrected chi connectivity index (χ3v) is 3.61. The topological polar surface area (TPSA) is 29.9 Å². The molecule has 0 unspecified atom stereocenters. The lowest BCUT2D eigenvalue weighted by atomic mass is 10.1. The molecule has 0 saturated carbocycles. The summed E-state index contributed by atoms with van der Waals surface area (Å²) in [5.74, 6) is 0. The zero-order valence-electron chi connectivity index (χ0n) is 13.0. The van der Waals surface area contributed by atoms with Gasteiger partial charge in [-0.3, -0.25) is 4.68 Å². The molecule has 1 aromatic rings. The molecule has 0 atom stereocenters. The van der Waals surface area contributed by atoms with Crippen molar-refractivity contribution >= 4 is 0 Å².